The first-order valence-electron chi connectivity index (χ1n) is 7.51. The van der Waals surface area contributed by atoms with Crippen LogP contribution in [0.25, 0.3) is 0 Å². The molecule has 1 atom stereocenters. The molecule has 2 rings (SSSR count). The van der Waals surface area contributed by atoms with Crippen LogP contribution in [0.15, 0.2) is 24.3 Å². The minimum absolute atomic E-state index is 0.0181. The van der Waals surface area contributed by atoms with Gasteiger partial charge in [-0.1, -0.05) is 32.9 Å². The second kappa shape index (κ2) is 5.96. The zero-order valence-electron chi connectivity index (χ0n) is 13.1. The normalized spacial score (nSPS) is 20.1. The van der Waals surface area contributed by atoms with Crippen LogP contribution in [0.3, 0.4) is 0 Å². The number of benzene rings is 1. The lowest BCUT2D eigenvalue weighted by Gasteiger charge is -2.21. The van der Waals surface area contributed by atoms with Crippen LogP contribution in [0.4, 0.5) is 0 Å². The van der Waals surface area contributed by atoms with Crippen molar-refractivity contribution < 1.29 is 4.79 Å². The molecule has 0 bridgehead atoms. The molecule has 0 radical (unpaired) electrons. The summed E-state index contributed by atoms with van der Waals surface area (Å²) in [5.74, 6) is 0.0181. The molecule has 1 unspecified atom stereocenters. The van der Waals surface area contributed by atoms with Gasteiger partial charge in [-0.15, -0.1) is 0 Å². The minimum Gasteiger partial charge on any atom is -0.339 e. The summed E-state index contributed by atoms with van der Waals surface area (Å²) in [5.41, 5.74) is 2.12. The summed E-state index contributed by atoms with van der Waals surface area (Å²) in [6.07, 6.45) is 2.47. The molecule has 1 heterocycles. The lowest BCUT2D eigenvalue weighted by molar-refractivity contribution is 0.0920. The lowest BCUT2D eigenvalue weighted by atomic mass is 9.87. The van der Waals surface area contributed by atoms with Gasteiger partial charge in [0, 0.05) is 18.2 Å². The van der Waals surface area contributed by atoms with Crippen LogP contribution in [-0.2, 0) is 5.41 Å². The van der Waals surface area contributed by atoms with Gasteiger partial charge in [0.15, 0.2) is 0 Å². The monoisotopic (exact) mass is 274 g/mol. The number of rotatable bonds is 3. The third-order valence-electron chi connectivity index (χ3n) is 4.15. The van der Waals surface area contributed by atoms with Gasteiger partial charge < -0.3 is 5.32 Å². The van der Waals surface area contributed by atoms with Gasteiger partial charge in [-0.25, -0.2) is 0 Å². The topological polar surface area (TPSA) is 32.3 Å². The third-order valence-corrected chi connectivity index (χ3v) is 4.15. The van der Waals surface area contributed by atoms with Gasteiger partial charge in [0.2, 0.25) is 0 Å². The lowest BCUT2D eigenvalue weighted by Crippen LogP contribution is -2.39. The Morgan fingerprint density at radius 3 is 2.45 bits per heavy atom. The average molecular weight is 274 g/mol. The Bertz CT molecular complexity index is 459. The van der Waals surface area contributed by atoms with E-state index in [1.807, 2.05) is 24.3 Å². The Balaban J connectivity index is 1.92. The fourth-order valence-electron chi connectivity index (χ4n) is 2.62. The standard InChI is InChI=1S/C17H26N2O/c1-13-6-5-11-19(13)12-18-16(20)14-7-9-15(10-8-14)17(2,3)4/h7-10,13H,5-6,11-12H2,1-4H3,(H,18,20). The van der Waals surface area contributed by atoms with Crippen LogP contribution in [0, 0.1) is 0 Å². The van der Waals surface area contributed by atoms with Crippen molar-refractivity contribution in [3.63, 3.8) is 0 Å². The molecule has 0 aliphatic carbocycles. The zero-order valence-corrected chi connectivity index (χ0v) is 13.1. The molecule has 110 valence electrons. The molecule has 1 amide bonds. The van der Waals surface area contributed by atoms with Crippen molar-refractivity contribution in [2.24, 2.45) is 0 Å². The summed E-state index contributed by atoms with van der Waals surface area (Å²) in [6.45, 7) is 10.5. The van der Waals surface area contributed by atoms with E-state index in [1.165, 1.54) is 18.4 Å². The second-order valence-corrected chi connectivity index (χ2v) is 6.79. The van der Waals surface area contributed by atoms with E-state index in [4.69, 9.17) is 0 Å². The number of likely N-dealkylation sites (tertiary alicyclic amines) is 1. The number of carbonyl (C=O) groups excluding carboxylic acids is 1. The van der Waals surface area contributed by atoms with E-state index in [1.54, 1.807) is 0 Å². The maximum absolute atomic E-state index is 12.1. The first kappa shape index (κ1) is 15.0. The molecule has 1 aromatic carbocycles. The highest BCUT2D eigenvalue weighted by Crippen LogP contribution is 2.22. The number of carbonyl (C=O) groups is 1. The van der Waals surface area contributed by atoms with Crippen molar-refractivity contribution in [3.8, 4) is 0 Å². The molecule has 1 N–H and O–H groups in total. The van der Waals surface area contributed by atoms with Gasteiger partial charge >= 0.3 is 0 Å². The molecule has 0 spiro atoms. The van der Waals surface area contributed by atoms with Crippen molar-refractivity contribution in [3.05, 3.63) is 35.4 Å². The van der Waals surface area contributed by atoms with E-state index in [0.29, 0.717) is 12.7 Å². The van der Waals surface area contributed by atoms with Crippen LogP contribution in [0.1, 0.15) is 56.5 Å². The highest BCUT2D eigenvalue weighted by molar-refractivity contribution is 5.94. The van der Waals surface area contributed by atoms with Crippen molar-refractivity contribution in [1.29, 1.82) is 0 Å². The summed E-state index contributed by atoms with van der Waals surface area (Å²) in [5, 5.41) is 3.02. The first-order chi connectivity index (χ1) is 9.38. The molecule has 1 saturated heterocycles. The predicted octanol–water partition coefficient (Wildman–Crippen LogP) is 3.16. The Morgan fingerprint density at radius 2 is 1.95 bits per heavy atom. The van der Waals surface area contributed by atoms with Crippen LogP contribution in [0.5, 0.6) is 0 Å². The average Bonchev–Trinajstić information content (AvgIpc) is 2.81. The van der Waals surface area contributed by atoms with Crippen molar-refractivity contribution >= 4 is 5.91 Å². The minimum atomic E-state index is 0.0181. The summed E-state index contributed by atoms with van der Waals surface area (Å²) in [7, 11) is 0. The van der Waals surface area contributed by atoms with E-state index in [2.05, 4.69) is 37.9 Å². The number of amides is 1. The quantitative estimate of drug-likeness (QED) is 0.918. The van der Waals surface area contributed by atoms with Crippen LogP contribution < -0.4 is 5.32 Å². The Labute approximate surface area is 122 Å². The number of hydrogen-bond acceptors (Lipinski definition) is 2. The zero-order chi connectivity index (χ0) is 14.8. The first-order valence-corrected chi connectivity index (χ1v) is 7.51. The van der Waals surface area contributed by atoms with Gasteiger partial charge in [-0.3, -0.25) is 9.69 Å². The molecular weight excluding hydrogens is 248 g/mol. The maximum Gasteiger partial charge on any atom is 0.252 e. The highest BCUT2D eigenvalue weighted by atomic mass is 16.1. The SMILES string of the molecule is CC1CCCN1CNC(=O)c1ccc(C(C)(C)C)cc1. The Kier molecular flexibility index (Phi) is 4.48. The number of hydrogen-bond donors (Lipinski definition) is 1. The summed E-state index contributed by atoms with van der Waals surface area (Å²) < 4.78 is 0. The maximum atomic E-state index is 12.1. The third kappa shape index (κ3) is 3.60. The molecule has 1 aliphatic rings. The molecule has 1 fully saturated rings. The van der Waals surface area contributed by atoms with Crippen LogP contribution in [0.2, 0.25) is 0 Å². The van der Waals surface area contributed by atoms with Crippen LogP contribution in [-0.4, -0.2) is 30.1 Å². The van der Waals surface area contributed by atoms with Gasteiger partial charge in [0.1, 0.15) is 0 Å². The van der Waals surface area contributed by atoms with E-state index in [9.17, 15) is 4.79 Å². The van der Waals surface area contributed by atoms with Gasteiger partial charge in [0.05, 0.1) is 6.67 Å². The number of nitrogens with zero attached hydrogens (tertiary/aromatic N) is 1. The molecular formula is C17H26N2O. The van der Waals surface area contributed by atoms with Crippen LogP contribution >= 0.6 is 0 Å². The van der Waals surface area contributed by atoms with Gasteiger partial charge in [0.25, 0.3) is 5.91 Å². The van der Waals surface area contributed by atoms with Crippen molar-refractivity contribution in [1.82, 2.24) is 10.2 Å². The molecule has 0 aromatic heterocycles. The Morgan fingerprint density at radius 1 is 1.30 bits per heavy atom. The summed E-state index contributed by atoms with van der Waals surface area (Å²) in [4.78, 5) is 14.5. The molecule has 1 aliphatic heterocycles. The molecule has 3 nitrogen and oxygen atoms in total. The molecule has 1 aromatic rings. The van der Waals surface area contributed by atoms with E-state index in [0.717, 1.165) is 12.1 Å². The smallest absolute Gasteiger partial charge is 0.252 e. The van der Waals surface area contributed by atoms with E-state index in [-0.39, 0.29) is 11.3 Å². The second-order valence-electron chi connectivity index (χ2n) is 6.79. The highest BCUT2D eigenvalue weighted by Gasteiger charge is 2.20. The van der Waals surface area contributed by atoms with E-state index < -0.39 is 0 Å². The fourth-order valence-corrected chi connectivity index (χ4v) is 2.62. The van der Waals surface area contributed by atoms with Gasteiger partial charge in [-0.05, 0) is 42.9 Å². The number of nitrogens with one attached hydrogen (secondary N) is 1. The summed E-state index contributed by atoms with van der Waals surface area (Å²) >= 11 is 0. The Hall–Kier alpha value is -1.35. The van der Waals surface area contributed by atoms with Gasteiger partial charge in [-0.2, -0.15) is 0 Å². The predicted molar refractivity (Wildman–Crippen MR) is 82.9 cm³/mol. The van der Waals surface area contributed by atoms with Crippen molar-refractivity contribution in [2.75, 3.05) is 13.2 Å². The summed E-state index contributed by atoms with van der Waals surface area (Å²) in [6, 6.07) is 8.52. The molecule has 20 heavy (non-hydrogen) atoms. The molecule has 3 heteroatoms. The van der Waals surface area contributed by atoms with E-state index >= 15 is 0 Å². The van der Waals surface area contributed by atoms with Crippen molar-refractivity contribution in [2.45, 2.75) is 52.0 Å². The fraction of sp³-hybridized carbons (Fsp3) is 0.588. The largest absolute Gasteiger partial charge is 0.339 e. The molecule has 0 saturated carbocycles.